The summed E-state index contributed by atoms with van der Waals surface area (Å²) < 4.78 is 4.99. The monoisotopic (exact) mass is 373 g/mol. The molecule has 0 amide bonds. The average Bonchev–Trinajstić information content (AvgIpc) is 3.13. The summed E-state index contributed by atoms with van der Waals surface area (Å²) in [5.41, 5.74) is 3.75. The Morgan fingerprint density at radius 2 is 2.36 bits per heavy atom. The predicted octanol–water partition coefficient (Wildman–Crippen LogP) is 3.32. The summed E-state index contributed by atoms with van der Waals surface area (Å²) >= 11 is 2.93. The van der Waals surface area contributed by atoms with Crippen LogP contribution in [-0.2, 0) is 22.5 Å². The molecule has 0 aliphatic carbocycles. The zero-order chi connectivity index (χ0) is 17.8. The van der Waals surface area contributed by atoms with Crippen molar-refractivity contribution in [3.63, 3.8) is 0 Å². The Balaban J connectivity index is 2.05. The lowest BCUT2D eigenvalue weighted by Gasteiger charge is -2.28. The molecule has 0 saturated carbocycles. The number of carbonyl (C=O) groups is 1. The lowest BCUT2D eigenvalue weighted by atomic mass is 9.94. The zero-order valence-electron chi connectivity index (χ0n) is 14.2. The first kappa shape index (κ1) is 17.9. The van der Waals surface area contributed by atoms with Crippen LogP contribution in [0.15, 0.2) is 22.5 Å². The molecule has 0 atom stereocenters. The third kappa shape index (κ3) is 3.87. The fourth-order valence-electron chi connectivity index (χ4n) is 2.91. The molecule has 25 heavy (non-hydrogen) atoms. The highest BCUT2D eigenvalue weighted by Gasteiger charge is 2.25. The van der Waals surface area contributed by atoms with Gasteiger partial charge < -0.3 is 9.64 Å². The van der Waals surface area contributed by atoms with Crippen LogP contribution in [0.5, 0.6) is 0 Å². The molecule has 0 radical (unpaired) electrons. The van der Waals surface area contributed by atoms with Gasteiger partial charge in [0.05, 0.1) is 28.5 Å². The van der Waals surface area contributed by atoms with Gasteiger partial charge in [0.15, 0.2) is 0 Å². The first-order chi connectivity index (χ1) is 12.1. The van der Waals surface area contributed by atoms with Crippen molar-refractivity contribution >= 4 is 29.1 Å². The maximum absolute atomic E-state index is 11.7. The van der Waals surface area contributed by atoms with Crippen molar-refractivity contribution in [1.82, 2.24) is 9.88 Å². The van der Waals surface area contributed by atoms with Crippen LogP contribution in [0.25, 0.3) is 10.6 Å². The van der Waals surface area contributed by atoms with Gasteiger partial charge in [-0.15, -0.1) is 11.3 Å². The average molecular weight is 374 g/mol. The van der Waals surface area contributed by atoms with Gasteiger partial charge in [0, 0.05) is 13.1 Å². The highest BCUT2D eigenvalue weighted by Crippen LogP contribution is 2.36. The Bertz CT molecular complexity index is 813. The summed E-state index contributed by atoms with van der Waals surface area (Å²) in [5.74, 6) is -0.126. The number of thiophene rings is 1. The van der Waals surface area contributed by atoms with Crippen molar-refractivity contribution in [3.8, 4) is 16.6 Å². The summed E-state index contributed by atoms with van der Waals surface area (Å²) in [5, 5.41) is 12.4. The second kappa shape index (κ2) is 8.00. The maximum Gasteiger partial charge on any atom is 0.316 e. The van der Waals surface area contributed by atoms with Crippen LogP contribution < -0.4 is 0 Å². The van der Waals surface area contributed by atoms with Crippen LogP contribution in [-0.4, -0.2) is 41.8 Å². The molecular weight excluding hydrogens is 354 g/mol. The van der Waals surface area contributed by atoms with E-state index in [4.69, 9.17) is 9.72 Å². The van der Waals surface area contributed by atoms with Crippen molar-refractivity contribution in [1.29, 1.82) is 5.26 Å². The summed E-state index contributed by atoms with van der Waals surface area (Å²) in [6.45, 7) is 3.82. The summed E-state index contributed by atoms with van der Waals surface area (Å²) in [6.07, 6.45) is 0.879. The number of nitrogens with zero attached hydrogens (tertiary/aromatic N) is 3. The van der Waals surface area contributed by atoms with Crippen molar-refractivity contribution < 1.29 is 9.53 Å². The fraction of sp³-hybridized carbons (Fsp3) is 0.389. The molecule has 0 aromatic carbocycles. The topological polar surface area (TPSA) is 66.2 Å². The Kier molecular flexibility index (Phi) is 5.74. The van der Waals surface area contributed by atoms with Crippen LogP contribution in [0.1, 0.15) is 23.6 Å². The van der Waals surface area contributed by atoms with E-state index in [0.29, 0.717) is 17.2 Å². The number of hydrogen-bond acceptors (Lipinski definition) is 7. The quantitative estimate of drug-likeness (QED) is 0.592. The Morgan fingerprint density at radius 3 is 3.04 bits per heavy atom. The maximum atomic E-state index is 11.7. The van der Waals surface area contributed by atoms with E-state index in [2.05, 4.69) is 24.1 Å². The van der Waals surface area contributed by atoms with E-state index in [-0.39, 0.29) is 11.7 Å². The van der Waals surface area contributed by atoms with E-state index in [1.54, 1.807) is 18.3 Å². The van der Waals surface area contributed by atoms with Gasteiger partial charge in [0.1, 0.15) is 11.1 Å². The molecule has 0 bridgehead atoms. The molecule has 1 aliphatic rings. The van der Waals surface area contributed by atoms with Gasteiger partial charge in [-0.3, -0.25) is 4.79 Å². The van der Waals surface area contributed by atoms with E-state index in [0.717, 1.165) is 41.2 Å². The van der Waals surface area contributed by atoms with E-state index >= 15 is 0 Å². The third-order valence-corrected chi connectivity index (χ3v) is 5.87. The minimum atomic E-state index is -0.286. The minimum Gasteiger partial charge on any atom is -0.465 e. The lowest BCUT2D eigenvalue weighted by Crippen LogP contribution is -2.28. The molecule has 2 aromatic rings. The summed E-state index contributed by atoms with van der Waals surface area (Å²) in [7, 11) is 2.06. The molecule has 0 fully saturated rings. The van der Waals surface area contributed by atoms with Gasteiger partial charge >= 0.3 is 5.97 Å². The molecule has 0 unspecified atom stereocenters. The molecule has 0 N–H and O–H groups in total. The number of nitriles is 1. The van der Waals surface area contributed by atoms with Crippen molar-refractivity contribution in [2.24, 2.45) is 0 Å². The molecule has 130 valence electrons. The SMILES string of the molecule is CCOC(=O)CSc1nc(-c2cccs2)c2c(c1C#N)CN(C)CC2. The zero-order valence-corrected chi connectivity index (χ0v) is 15.9. The second-order valence-electron chi connectivity index (χ2n) is 5.77. The molecule has 0 spiro atoms. The molecule has 3 heterocycles. The van der Waals surface area contributed by atoms with Gasteiger partial charge in [0.25, 0.3) is 0 Å². The van der Waals surface area contributed by atoms with Gasteiger partial charge in [0.2, 0.25) is 0 Å². The van der Waals surface area contributed by atoms with E-state index in [1.807, 2.05) is 11.4 Å². The Labute approximate surface area is 155 Å². The van der Waals surface area contributed by atoms with Gasteiger partial charge in [-0.2, -0.15) is 5.26 Å². The normalized spacial score (nSPS) is 14.0. The number of esters is 1. The van der Waals surface area contributed by atoms with Crippen LogP contribution in [0.4, 0.5) is 0 Å². The molecule has 1 aliphatic heterocycles. The van der Waals surface area contributed by atoms with Crippen LogP contribution >= 0.6 is 23.1 Å². The smallest absolute Gasteiger partial charge is 0.316 e. The van der Waals surface area contributed by atoms with Crippen molar-refractivity contribution in [2.75, 3.05) is 26.0 Å². The van der Waals surface area contributed by atoms with E-state index in [9.17, 15) is 10.1 Å². The molecular formula is C18H19N3O2S2. The molecule has 7 heteroatoms. The largest absolute Gasteiger partial charge is 0.465 e. The first-order valence-corrected chi connectivity index (χ1v) is 9.97. The van der Waals surface area contributed by atoms with Crippen molar-refractivity contribution in [3.05, 3.63) is 34.2 Å². The Hall–Kier alpha value is -1.88. The van der Waals surface area contributed by atoms with E-state index in [1.165, 1.54) is 11.8 Å². The van der Waals surface area contributed by atoms with Gasteiger partial charge in [-0.05, 0) is 43.0 Å². The van der Waals surface area contributed by atoms with Crippen LogP contribution in [0.3, 0.4) is 0 Å². The highest BCUT2D eigenvalue weighted by molar-refractivity contribution is 7.99. The number of hydrogen-bond donors (Lipinski definition) is 0. The van der Waals surface area contributed by atoms with Gasteiger partial charge in [-0.1, -0.05) is 17.8 Å². The number of aromatic nitrogens is 1. The highest BCUT2D eigenvalue weighted by atomic mass is 32.2. The molecule has 3 rings (SSSR count). The van der Waals surface area contributed by atoms with Gasteiger partial charge in [-0.25, -0.2) is 4.98 Å². The summed E-state index contributed by atoms with van der Waals surface area (Å²) in [6, 6.07) is 6.37. The number of thioether (sulfide) groups is 1. The van der Waals surface area contributed by atoms with Crippen molar-refractivity contribution in [2.45, 2.75) is 24.9 Å². The van der Waals surface area contributed by atoms with E-state index < -0.39 is 0 Å². The molecule has 2 aromatic heterocycles. The number of ether oxygens (including phenoxy) is 1. The standard InChI is InChI=1S/C18H19N3O2S2/c1-3-23-16(22)11-25-18-13(9-19)14-10-21(2)7-6-12(14)17(20-18)15-5-4-8-24-15/h4-5,8H,3,6-7,10-11H2,1-2H3. The summed E-state index contributed by atoms with van der Waals surface area (Å²) in [4.78, 5) is 19.8. The number of fused-ring (bicyclic) bond motifs is 1. The number of rotatable bonds is 5. The predicted molar refractivity (Wildman–Crippen MR) is 99.7 cm³/mol. The number of likely N-dealkylation sites (N-methyl/N-ethyl adjacent to an activating group) is 1. The molecule has 0 saturated heterocycles. The van der Waals surface area contributed by atoms with Crippen LogP contribution in [0.2, 0.25) is 0 Å². The first-order valence-electron chi connectivity index (χ1n) is 8.10. The second-order valence-corrected chi connectivity index (χ2v) is 7.68. The Morgan fingerprint density at radius 1 is 1.52 bits per heavy atom. The minimum absolute atomic E-state index is 0.161. The third-order valence-electron chi connectivity index (χ3n) is 4.05. The van der Waals surface area contributed by atoms with Crippen LogP contribution in [0, 0.1) is 11.3 Å². The number of pyridine rings is 1. The lowest BCUT2D eigenvalue weighted by molar-refractivity contribution is -0.139. The number of carbonyl (C=O) groups excluding carboxylic acids is 1. The molecule has 5 nitrogen and oxygen atoms in total. The fourth-order valence-corrected chi connectivity index (χ4v) is 4.46.